The molecule has 2 unspecified atom stereocenters. The highest BCUT2D eigenvalue weighted by molar-refractivity contribution is 5.89. The molecular formula is C13H19N3O. The number of nitrogens with one attached hydrogen (secondary N) is 3. The van der Waals surface area contributed by atoms with E-state index in [-0.39, 0.29) is 12.1 Å². The fourth-order valence-corrected chi connectivity index (χ4v) is 2.12. The quantitative estimate of drug-likeness (QED) is 0.745. The summed E-state index contributed by atoms with van der Waals surface area (Å²) < 4.78 is 0. The fourth-order valence-electron chi connectivity index (χ4n) is 2.12. The molecule has 17 heavy (non-hydrogen) atoms. The first-order valence-corrected chi connectivity index (χ1v) is 6.09. The Kier molecular flexibility index (Phi) is 3.98. The molecule has 3 N–H and O–H groups in total. The topological polar surface area (TPSA) is 53.2 Å². The summed E-state index contributed by atoms with van der Waals surface area (Å²) in [5.41, 5.74) is 0.821. The second-order valence-electron chi connectivity index (χ2n) is 4.51. The third-order valence-electron chi connectivity index (χ3n) is 3.20. The van der Waals surface area contributed by atoms with Crippen LogP contribution in [0.1, 0.15) is 13.3 Å². The molecule has 1 aromatic carbocycles. The first kappa shape index (κ1) is 11.9. The van der Waals surface area contributed by atoms with Gasteiger partial charge in [-0.1, -0.05) is 18.2 Å². The molecule has 2 atom stereocenters. The minimum absolute atomic E-state index is 0.129. The predicted octanol–water partition coefficient (Wildman–Crippen LogP) is 1.81. The molecule has 1 aromatic rings. The van der Waals surface area contributed by atoms with Crippen LogP contribution in [-0.4, -0.2) is 25.2 Å². The molecule has 2 amide bonds. The zero-order valence-electron chi connectivity index (χ0n) is 10.1. The number of para-hydroxylation sites is 1. The third-order valence-corrected chi connectivity index (χ3v) is 3.20. The summed E-state index contributed by atoms with van der Waals surface area (Å²) in [6, 6.07) is 9.56. The minimum Gasteiger partial charge on any atom is -0.335 e. The summed E-state index contributed by atoms with van der Waals surface area (Å²) in [4.78, 5) is 11.7. The lowest BCUT2D eigenvalue weighted by atomic mass is 10.0. The average molecular weight is 233 g/mol. The molecule has 1 aliphatic heterocycles. The van der Waals surface area contributed by atoms with Crippen molar-refractivity contribution >= 4 is 11.7 Å². The maximum absolute atomic E-state index is 11.7. The molecule has 1 aliphatic rings. The van der Waals surface area contributed by atoms with Gasteiger partial charge in [0.1, 0.15) is 0 Å². The molecule has 0 aliphatic carbocycles. The lowest BCUT2D eigenvalue weighted by Gasteiger charge is -2.20. The second kappa shape index (κ2) is 5.68. The van der Waals surface area contributed by atoms with E-state index in [0.29, 0.717) is 5.92 Å². The van der Waals surface area contributed by atoms with E-state index >= 15 is 0 Å². The van der Waals surface area contributed by atoms with Crippen molar-refractivity contribution in [1.29, 1.82) is 0 Å². The number of hydrogen-bond donors (Lipinski definition) is 3. The zero-order chi connectivity index (χ0) is 12.1. The van der Waals surface area contributed by atoms with Crippen LogP contribution < -0.4 is 16.0 Å². The number of rotatable bonds is 3. The number of anilines is 1. The van der Waals surface area contributed by atoms with Crippen LogP contribution in [-0.2, 0) is 0 Å². The van der Waals surface area contributed by atoms with Crippen molar-refractivity contribution in [2.24, 2.45) is 5.92 Å². The highest BCUT2D eigenvalue weighted by atomic mass is 16.2. The molecule has 92 valence electrons. The van der Waals surface area contributed by atoms with Gasteiger partial charge in [0.2, 0.25) is 0 Å². The smallest absolute Gasteiger partial charge is 0.319 e. The highest BCUT2D eigenvalue weighted by Crippen LogP contribution is 2.12. The maximum atomic E-state index is 11.7. The monoisotopic (exact) mass is 233 g/mol. The molecule has 4 nitrogen and oxygen atoms in total. The summed E-state index contributed by atoms with van der Waals surface area (Å²) in [6.45, 7) is 4.10. The lowest BCUT2D eigenvalue weighted by Crippen LogP contribution is -2.41. The minimum atomic E-state index is -0.129. The standard InChI is InChI=1S/C13H19N3O/c1-10(11-7-8-14-9-11)15-13(17)16-12-5-3-2-4-6-12/h2-6,10-11,14H,7-9H2,1H3,(H2,15,16,17). The molecule has 0 aromatic heterocycles. The van der Waals surface area contributed by atoms with Crippen LogP contribution in [0.5, 0.6) is 0 Å². The van der Waals surface area contributed by atoms with Gasteiger partial charge in [0.05, 0.1) is 0 Å². The van der Waals surface area contributed by atoms with E-state index in [9.17, 15) is 4.79 Å². The lowest BCUT2D eigenvalue weighted by molar-refractivity contribution is 0.245. The Morgan fingerprint density at radius 1 is 1.41 bits per heavy atom. The first-order chi connectivity index (χ1) is 8.25. The number of hydrogen-bond acceptors (Lipinski definition) is 2. The molecule has 1 fully saturated rings. The zero-order valence-corrected chi connectivity index (χ0v) is 10.1. The van der Waals surface area contributed by atoms with E-state index in [1.807, 2.05) is 30.3 Å². The van der Waals surface area contributed by atoms with Gasteiger partial charge in [-0.3, -0.25) is 0 Å². The molecule has 0 saturated carbocycles. The Balaban J connectivity index is 1.80. The van der Waals surface area contributed by atoms with E-state index in [1.54, 1.807) is 0 Å². The Bertz CT molecular complexity index is 360. The van der Waals surface area contributed by atoms with Crippen LogP contribution in [0.4, 0.5) is 10.5 Å². The van der Waals surface area contributed by atoms with Gasteiger partial charge in [-0.05, 0) is 44.5 Å². The van der Waals surface area contributed by atoms with Crippen LogP contribution in [0.15, 0.2) is 30.3 Å². The molecular weight excluding hydrogens is 214 g/mol. The van der Waals surface area contributed by atoms with E-state index < -0.39 is 0 Å². The Labute approximate surface area is 102 Å². The second-order valence-corrected chi connectivity index (χ2v) is 4.51. The van der Waals surface area contributed by atoms with E-state index in [4.69, 9.17) is 0 Å². The van der Waals surface area contributed by atoms with Crippen molar-refractivity contribution < 1.29 is 4.79 Å². The van der Waals surface area contributed by atoms with Gasteiger partial charge in [-0.15, -0.1) is 0 Å². The van der Waals surface area contributed by atoms with Gasteiger partial charge in [0, 0.05) is 11.7 Å². The fraction of sp³-hybridized carbons (Fsp3) is 0.462. The van der Waals surface area contributed by atoms with Gasteiger partial charge >= 0.3 is 6.03 Å². The normalized spacial score (nSPS) is 20.9. The number of benzene rings is 1. The third kappa shape index (κ3) is 3.46. The molecule has 0 bridgehead atoms. The number of amides is 2. The van der Waals surface area contributed by atoms with Crippen molar-refractivity contribution in [1.82, 2.24) is 10.6 Å². The number of carbonyl (C=O) groups excluding carboxylic acids is 1. The molecule has 1 saturated heterocycles. The van der Waals surface area contributed by atoms with Crippen LogP contribution in [0.3, 0.4) is 0 Å². The predicted molar refractivity (Wildman–Crippen MR) is 69.0 cm³/mol. The number of carbonyl (C=O) groups is 1. The largest absolute Gasteiger partial charge is 0.335 e. The number of urea groups is 1. The Morgan fingerprint density at radius 3 is 2.82 bits per heavy atom. The van der Waals surface area contributed by atoms with E-state index in [2.05, 4.69) is 22.9 Å². The first-order valence-electron chi connectivity index (χ1n) is 6.09. The van der Waals surface area contributed by atoms with Crippen molar-refractivity contribution in [3.63, 3.8) is 0 Å². The molecule has 0 spiro atoms. The van der Waals surface area contributed by atoms with Gasteiger partial charge < -0.3 is 16.0 Å². The molecule has 4 heteroatoms. The summed E-state index contributed by atoms with van der Waals surface area (Å²) in [5, 5.41) is 9.11. The maximum Gasteiger partial charge on any atom is 0.319 e. The van der Waals surface area contributed by atoms with Gasteiger partial charge in [-0.2, -0.15) is 0 Å². The summed E-state index contributed by atoms with van der Waals surface area (Å²) >= 11 is 0. The van der Waals surface area contributed by atoms with Crippen molar-refractivity contribution in [3.05, 3.63) is 30.3 Å². The van der Waals surface area contributed by atoms with Gasteiger partial charge in [0.15, 0.2) is 0 Å². The SMILES string of the molecule is CC(NC(=O)Nc1ccccc1)C1CCNC1. The molecule has 2 rings (SSSR count). The summed E-state index contributed by atoms with van der Waals surface area (Å²) in [7, 11) is 0. The van der Waals surface area contributed by atoms with Gasteiger partial charge in [-0.25, -0.2) is 4.79 Å². The van der Waals surface area contributed by atoms with Crippen LogP contribution >= 0.6 is 0 Å². The average Bonchev–Trinajstić information content (AvgIpc) is 2.83. The summed E-state index contributed by atoms with van der Waals surface area (Å²) in [5.74, 6) is 0.538. The van der Waals surface area contributed by atoms with Crippen molar-refractivity contribution in [2.45, 2.75) is 19.4 Å². The molecule has 1 heterocycles. The van der Waals surface area contributed by atoms with Crippen LogP contribution in [0.25, 0.3) is 0 Å². The Morgan fingerprint density at radius 2 is 2.18 bits per heavy atom. The van der Waals surface area contributed by atoms with Gasteiger partial charge in [0.25, 0.3) is 0 Å². The Hall–Kier alpha value is -1.55. The van der Waals surface area contributed by atoms with Crippen LogP contribution in [0, 0.1) is 5.92 Å². The van der Waals surface area contributed by atoms with Crippen molar-refractivity contribution in [2.75, 3.05) is 18.4 Å². The van der Waals surface area contributed by atoms with Crippen molar-refractivity contribution in [3.8, 4) is 0 Å². The highest BCUT2D eigenvalue weighted by Gasteiger charge is 2.22. The van der Waals surface area contributed by atoms with E-state index in [1.165, 1.54) is 0 Å². The molecule has 0 radical (unpaired) electrons. The van der Waals surface area contributed by atoms with E-state index in [0.717, 1.165) is 25.2 Å². The summed E-state index contributed by atoms with van der Waals surface area (Å²) in [6.07, 6.45) is 1.13. The van der Waals surface area contributed by atoms with Crippen LogP contribution in [0.2, 0.25) is 0 Å².